The molecule has 1 atom stereocenters. The molecule has 0 radical (unpaired) electrons. The van der Waals surface area contributed by atoms with Crippen molar-refractivity contribution < 1.29 is 4.74 Å². The highest BCUT2D eigenvalue weighted by Gasteiger charge is 2.29. The van der Waals surface area contributed by atoms with Gasteiger partial charge < -0.3 is 14.6 Å². The molecule has 170 valence electrons. The molecule has 0 aliphatic carbocycles. The first kappa shape index (κ1) is 21.6. The van der Waals surface area contributed by atoms with Crippen LogP contribution < -0.4 is 5.32 Å². The largest absolute Gasteiger partial charge is 0.383 e. The summed E-state index contributed by atoms with van der Waals surface area (Å²) >= 11 is 0. The molecular weight excluding hydrogens is 412 g/mol. The smallest absolute Gasteiger partial charge is 0.228 e. The Morgan fingerprint density at radius 1 is 1.06 bits per heavy atom. The van der Waals surface area contributed by atoms with E-state index >= 15 is 0 Å². The quantitative estimate of drug-likeness (QED) is 0.420. The van der Waals surface area contributed by atoms with Crippen LogP contribution in [0.1, 0.15) is 35.8 Å². The third-order valence-electron chi connectivity index (χ3n) is 6.52. The average molecular weight is 443 g/mol. The van der Waals surface area contributed by atoms with Crippen LogP contribution in [-0.2, 0) is 17.8 Å². The number of anilines is 2. The predicted octanol–water partition coefficient (Wildman–Crippen LogP) is 4.86. The van der Waals surface area contributed by atoms with Gasteiger partial charge in [-0.15, -0.1) is 0 Å². The zero-order valence-corrected chi connectivity index (χ0v) is 19.2. The summed E-state index contributed by atoms with van der Waals surface area (Å²) in [6.07, 6.45) is 5.74. The number of pyridine rings is 1. The molecule has 3 aromatic heterocycles. The number of hydrogen-bond acceptors (Lipinski definition) is 6. The van der Waals surface area contributed by atoms with Gasteiger partial charge in [-0.25, -0.2) is 15.0 Å². The van der Waals surface area contributed by atoms with Crippen LogP contribution in [0, 0.1) is 6.92 Å². The molecule has 0 amide bonds. The molecule has 1 N–H and O–H groups in total. The van der Waals surface area contributed by atoms with Crippen molar-refractivity contribution in [3.63, 3.8) is 0 Å². The van der Waals surface area contributed by atoms with Crippen molar-refractivity contribution in [2.75, 3.05) is 25.6 Å². The lowest BCUT2D eigenvalue weighted by Crippen LogP contribution is -2.24. The first-order valence-electron chi connectivity index (χ1n) is 11.6. The van der Waals surface area contributed by atoms with Gasteiger partial charge in [-0.2, -0.15) is 0 Å². The van der Waals surface area contributed by atoms with Gasteiger partial charge in [0.2, 0.25) is 5.95 Å². The second-order valence-corrected chi connectivity index (χ2v) is 8.50. The maximum Gasteiger partial charge on any atom is 0.228 e. The summed E-state index contributed by atoms with van der Waals surface area (Å²) in [5.41, 5.74) is 5.10. The molecule has 1 aliphatic rings. The molecule has 1 fully saturated rings. The minimum atomic E-state index is 0.295. The highest BCUT2D eigenvalue weighted by molar-refractivity contribution is 5.85. The average Bonchev–Trinajstić information content (AvgIpc) is 3.42. The Morgan fingerprint density at radius 3 is 2.76 bits per heavy atom. The Morgan fingerprint density at radius 2 is 1.91 bits per heavy atom. The maximum absolute atomic E-state index is 5.37. The van der Waals surface area contributed by atoms with E-state index in [4.69, 9.17) is 9.72 Å². The van der Waals surface area contributed by atoms with E-state index in [0.29, 0.717) is 18.6 Å². The Hall–Kier alpha value is -3.29. The van der Waals surface area contributed by atoms with Crippen LogP contribution in [0.5, 0.6) is 0 Å². The molecule has 5 rings (SSSR count). The molecule has 0 spiro atoms. The fourth-order valence-corrected chi connectivity index (χ4v) is 4.91. The summed E-state index contributed by atoms with van der Waals surface area (Å²) in [5, 5.41) is 4.56. The van der Waals surface area contributed by atoms with E-state index in [9.17, 15) is 0 Å². The second-order valence-electron chi connectivity index (χ2n) is 8.50. The molecule has 33 heavy (non-hydrogen) atoms. The van der Waals surface area contributed by atoms with Crippen LogP contribution in [0.4, 0.5) is 11.8 Å². The van der Waals surface area contributed by atoms with E-state index in [1.165, 1.54) is 28.6 Å². The lowest BCUT2D eigenvalue weighted by molar-refractivity contribution is 0.187. The van der Waals surface area contributed by atoms with Gasteiger partial charge in [-0.05, 0) is 56.1 Å². The third-order valence-corrected chi connectivity index (χ3v) is 6.52. The molecule has 0 bridgehead atoms. The molecule has 1 saturated heterocycles. The van der Waals surface area contributed by atoms with Crippen molar-refractivity contribution in [1.82, 2.24) is 24.4 Å². The summed E-state index contributed by atoms with van der Waals surface area (Å²) in [5.74, 6) is 1.34. The van der Waals surface area contributed by atoms with Crippen molar-refractivity contribution >= 4 is 22.7 Å². The number of benzene rings is 1. The van der Waals surface area contributed by atoms with Gasteiger partial charge in [-0.1, -0.05) is 24.3 Å². The normalized spacial score (nSPS) is 16.5. The van der Waals surface area contributed by atoms with Crippen molar-refractivity contribution in [2.24, 2.45) is 0 Å². The number of nitrogens with one attached hydrogen (secondary N) is 1. The number of para-hydroxylation sites is 1. The molecule has 7 heteroatoms. The van der Waals surface area contributed by atoms with Gasteiger partial charge in [0.05, 0.1) is 18.3 Å². The van der Waals surface area contributed by atoms with Crippen LogP contribution in [0.25, 0.3) is 10.9 Å². The van der Waals surface area contributed by atoms with Gasteiger partial charge in [0.15, 0.2) is 0 Å². The fraction of sp³-hybridized carbons (Fsp3) is 0.346. The number of aromatic nitrogens is 4. The van der Waals surface area contributed by atoms with Gasteiger partial charge in [0.25, 0.3) is 0 Å². The molecule has 1 aliphatic heterocycles. The summed E-state index contributed by atoms with van der Waals surface area (Å²) in [7, 11) is 1.76. The van der Waals surface area contributed by atoms with E-state index in [-0.39, 0.29) is 0 Å². The van der Waals surface area contributed by atoms with Crippen LogP contribution in [0.2, 0.25) is 0 Å². The summed E-state index contributed by atoms with van der Waals surface area (Å²) in [4.78, 5) is 16.0. The maximum atomic E-state index is 5.37. The highest BCUT2D eigenvalue weighted by atomic mass is 16.5. The van der Waals surface area contributed by atoms with Crippen LogP contribution >= 0.6 is 0 Å². The minimum absolute atomic E-state index is 0.295. The van der Waals surface area contributed by atoms with E-state index < -0.39 is 0 Å². The summed E-state index contributed by atoms with van der Waals surface area (Å²) in [6, 6.07) is 17.0. The number of rotatable bonds is 8. The van der Waals surface area contributed by atoms with Crippen LogP contribution in [-0.4, -0.2) is 44.7 Å². The van der Waals surface area contributed by atoms with Crippen molar-refractivity contribution in [3.05, 3.63) is 77.9 Å². The molecule has 7 nitrogen and oxygen atoms in total. The Labute approximate surface area is 194 Å². The molecular formula is C26H30N6O. The van der Waals surface area contributed by atoms with Crippen molar-refractivity contribution in [2.45, 2.75) is 38.9 Å². The zero-order valence-electron chi connectivity index (χ0n) is 19.2. The molecule has 0 unspecified atom stereocenters. The summed E-state index contributed by atoms with van der Waals surface area (Å²) < 4.78 is 7.76. The molecule has 0 saturated carbocycles. The van der Waals surface area contributed by atoms with Crippen molar-refractivity contribution in [1.29, 1.82) is 0 Å². The Bertz CT molecular complexity index is 1220. The van der Waals surface area contributed by atoms with Gasteiger partial charge in [0, 0.05) is 49.2 Å². The number of ether oxygens (including phenoxy) is 1. The summed E-state index contributed by atoms with van der Waals surface area (Å²) in [6.45, 7) is 5.79. The van der Waals surface area contributed by atoms with E-state index in [0.717, 1.165) is 37.6 Å². The van der Waals surface area contributed by atoms with Crippen molar-refractivity contribution in [3.8, 4) is 0 Å². The van der Waals surface area contributed by atoms with Gasteiger partial charge >= 0.3 is 0 Å². The number of nitrogens with zero attached hydrogens (tertiary/aromatic N) is 5. The molecule has 4 aromatic rings. The number of methoxy groups -OCH3 is 1. The SMILES string of the molecule is COCCn1c(C)c(CN2CCC[C@@H]2c2cccc(Nc3ncccn3)n2)c2ccccc21. The first-order valence-corrected chi connectivity index (χ1v) is 11.6. The van der Waals surface area contributed by atoms with Gasteiger partial charge in [-0.3, -0.25) is 4.90 Å². The molecule has 4 heterocycles. The fourth-order valence-electron chi connectivity index (χ4n) is 4.91. The topological polar surface area (TPSA) is 68.1 Å². The zero-order chi connectivity index (χ0) is 22.6. The van der Waals surface area contributed by atoms with Crippen LogP contribution in [0.3, 0.4) is 0 Å². The van der Waals surface area contributed by atoms with E-state index in [2.05, 4.69) is 68.1 Å². The number of hydrogen-bond donors (Lipinski definition) is 1. The number of fused-ring (bicyclic) bond motifs is 1. The highest BCUT2D eigenvalue weighted by Crippen LogP contribution is 2.35. The standard InChI is InChI=1S/C26H30N6O/c1-19-21(20-8-3-4-10-23(20)32(19)16-17-33-2)18-31-15-6-11-24(31)22-9-5-12-25(29-22)30-26-27-13-7-14-28-26/h3-5,7-10,12-14,24H,6,11,15-18H2,1-2H3,(H,27,28,29,30)/t24-/m1/s1. The van der Waals surface area contributed by atoms with E-state index in [1.807, 2.05) is 6.07 Å². The van der Waals surface area contributed by atoms with Gasteiger partial charge in [0.1, 0.15) is 5.82 Å². The Kier molecular flexibility index (Phi) is 6.32. The van der Waals surface area contributed by atoms with Crippen LogP contribution in [0.15, 0.2) is 60.9 Å². The second kappa shape index (κ2) is 9.68. The van der Waals surface area contributed by atoms with E-state index in [1.54, 1.807) is 25.6 Å². The minimum Gasteiger partial charge on any atom is -0.383 e. The predicted molar refractivity (Wildman–Crippen MR) is 130 cm³/mol. The monoisotopic (exact) mass is 442 g/mol. The Balaban J connectivity index is 1.41. The molecule has 1 aromatic carbocycles. The third kappa shape index (κ3) is 4.47. The first-order chi connectivity index (χ1) is 16.2. The number of likely N-dealkylation sites (tertiary alicyclic amines) is 1. The lowest BCUT2D eigenvalue weighted by Gasteiger charge is -2.25. The lowest BCUT2D eigenvalue weighted by atomic mass is 10.1.